The highest BCUT2D eigenvalue weighted by atomic mass is 19.1. The molecule has 0 aliphatic carbocycles. The fraction of sp³-hybridized carbons (Fsp3) is 0.188. The van der Waals surface area contributed by atoms with Crippen molar-refractivity contribution in [3.8, 4) is 5.69 Å². The maximum atomic E-state index is 13.5. The van der Waals surface area contributed by atoms with Gasteiger partial charge in [-0.05, 0) is 30.3 Å². The zero-order chi connectivity index (χ0) is 15.1. The monoisotopic (exact) mass is 287 g/mol. The molecule has 3 rings (SSSR count). The quantitative estimate of drug-likeness (QED) is 0.724. The zero-order valence-corrected chi connectivity index (χ0v) is 11.8. The van der Waals surface area contributed by atoms with E-state index >= 15 is 0 Å². The first-order chi connectivity index (χ1) is 9.95. The van der Waals surface area contributed by atoms with Gasteiger partial charge in [0.2, 0.25) is 0 Å². The van der Waals surface area contributed by atoms with Crippen LogP contribution in [0.3, 0.4) is 0 Å². The average molecular weight is 287 g/mol. The highest BCUT2D eigenvalue weighted by molar-refractivity contribution is 5.81. The summed E-state index contributed by atoms with van der Waals surface area (Å²) in [6, 6.07) is 8.77. The van der Waals surface area contributed by atoms with E-state index in [-0.39, 0.29) is 5.92 Å². The fourth-order valence-electron chi connectivity index (χ4n) is 2.44. The molecule has 0 aliphatic heterocycles. The van der Waals surface area contributed by atoms with Gasteiger partial charge in [0.25, 0.3) is 0 Å². The molecular weight excluding hydrogens is 272 g/mol. The Labute approximate surface area is 121 Å². The standard InChI is InChI=1S/C16H15F2N3/c1-9(2)16-20-14-8-12(19)3-4-15(14)21(16)13-6-10(17)5-11(18)7-13/h3-9H,19H2,1-2H3. The normalized spacial score (nSPS) is 11.5. The van der Waals surface area contributed by atoms with Crippen LogP contribution in [0, 0.1) is 11.6 Å². The Kier molecular flexibility index (Phi) is 3.12. The zero-order valence-electron chi connectivity index (χ0n) is 11.8. The maximum absolute atomic E-state index is 13.5. The van der Waals surface area contributed by atoms with E-state index in [0.29, 0.717) is 16.9 Å². The van der Waals surface area contributed by atoms with Crippen LogP contribution in [-0.2, 0) is 0 Å². The van der Waals surface area contributed by atoms with Crippen LogP contribution in [0.1, 0.15) is 25.6 Å². The molecule has 2 N–H and O–H groups in total. The van der Waals surface area contributed by atoms with Gasteiger partial charge in [-0.15, -0.1) is 0 Å². The van der Waals surface area contributed by atoms with Crippen molar-refractivity contribution >= 4 is 16.7 Å². The van der Waals surface area contributed by atoms with Crippen LogP contribution in [0.2, 0.25) is 0 Å². The van der Waals surface area contributed by atoms with Gasteiger partial charge in [-0.3, -0.25) is 4.57 Å². The van der Waals surface area contributed by atoms with E-state index < -0.39 is 11.6 Å². The minimum atomic E-state index is -0.614. The Balaban J connectivity index is 2.36. The van der Waals surface area contributed by atoms with Crippen molar-refractivity contribution in [1.29, 1.82) is 0 Å². The molecule has 0 saturated carbocycles. The molecule has 0 aliphatic rings. The lowest BCUT2D eigenvalue weighted by Crippen LogP contribution is -2.04. The number of nitrogen functional groups attached to an aromatic ring is 1. The van der Waals surface area contributed by atoms with E-state index in [0.717, 1.165) is 17.4 Å². The largest absolute Gasteiger partial charge is 0.399 e. The third-order valence-corrected chi connectivity index (χ3v) is 3.33. The van der Waals surface area contributed by atoms with E-state index in [4.69, 9.17) is 5.73 Å². The average Bonchev–Trinajstić information content (AvgIpc) is 2.76. The molecular formula is C16H15F2N3. The molecule has 21 heavy (non-hydrogen) atoms. The topological polar surface area (TPSA) is 43.8 Å². The molecule has 0 unspecified atom stereocenters. The molecule has 0 atom stereocenters. The van der Waals surface area contributed by atoms with Gasteiger partial charge in [-0.2, -0.15) is 0 Å². The van der Waals surface area contributed by atoms with Gasteiger partial charge in [-0.1, -0.05) is 13.8 Å². The van der Waals surface area contributed by atoms with Gasteiger partial charge in [0, 0.05) is 17.7 Å². The second-order valence-corrected chi connectivity index (χ2v) is 5.34. The smallest absolute Gasteiger partial charge is 0.128 e. The number of nitrogens with two attached hydrogens (primary N) is 1. The van der Waals surface area contributed by atoms with Gasteiger partial charge in [0.15, 0.2) is 0 Å². The van der Waals surface area contributed by atoms with Crippen molar-refractivity contribution < 1.29 is 8.78 Å². The summed E-state index contributed by atoms with van der Waals surface area (Å²) < 4.78 is 28.8. The van der Waals surface area contributed by atoms with Gasteiger partial charge in [0.1, 0.15) is 17.5 Å². The molecule has 1 aromatic heterocycles. The Morgan fingerprint density at radius 1 is 1.05 bits per heavy atom. The third-order valence-electron chi connectivity index (χ3n) is 3.33. The van der Waals surface area contributed by atoms with Crippen molar-refractivity contribution in [3.63, 3.8) is 0 Å². The second kappa shape index (κ2) is 4.84. The van der Waals surface area contributed by atoms with Crippen molar-refractivity contribution in [3.05, 3.63) is 53.9 Å². The number of fused-ring (bicyclic) bond motifs is 1. The second-order valence-electron chi connectivity index (χ2n) is 5.34. The number of benzene rings is 2. The molecule has 3 aromatic rings. The Bertz CT molecular complexity index is 801. The molecule has 2 aromatic carbocycles. The SMILES string of the molecule is CC(C)c1nc2cc(N)ccc2n1-c1cc(F)cc(F)c1. The van der Waals surface area contributed by atoms with E-state index in [9.17, 15) is 8.78 Å². The van der Waals surface area contributed by atoms with Crippen molar-refractivity contribution in [2.45, 2.75) is 19.8 Å². The lowest BCUT2D eigenvalue weighted by atomic mass is 10.2. The number of nitrogens with zero attached hydrogens (tertiary/aromatic N) is 2. The van der Waals surface area contributed by atoms with Crippen LogP contribution in [0.5, 0.6) is 0 Å². The molecule has 108 valence electrons. The third kappa shape index (κ3) is 2.35. The Morgan fingerprint density at radius 3 is 2.33 bits per heavy atom. The molecule has 0 spiro atoms. The predicted octanol–water partition coefficient (Wildman–Crippen LogP) is 4.01. The Hall–Kier alpha value is -2.43. The van der Waals surface area contributed by atoms with E-state index in [1.54, 1.807) is 16.7 Å². The summed E-state index contributed by atoms with van der Waals surface area (Å²) in [4.78, 5) is 4.55. The minimum absolute atomic E-state index is 0.102. The molecule has 0 radical (unpaired) electrons. The van der Waals surface area contributed by atoms with Crippen molar-refractivity contribution in [1.82, 2.24) is 9.55 Å². The van der Waals surface area contributed by atoms with Crippen LogP contribution in [0.4, 0.5) is 14.5 Å². The van der Waals surface area contributed by atoms with Crippen molar-refractivity contribution in [2.75, 3.05) is 5.73 Å². The highest BCUT2D eigenvalue weighted by Crippen LogP contribution is 2.28. The van der Waals surface area contributed by atoms with Crippen molar-refractivity contribution in [2.24, 2.45) is 0 Å². The summed E-state index contributed by atoms with van der Waals surface area (Å²) in [7, 11) is 0. The first-order valence-corrected chi connectivity index (χ1v) is 6.70. The summed E-state index contributed by atoms with van der Waals surface area (Å²) in [6.45, 7) is 3.97. The summed E-state index contributed by atoms with van der Waals surface area (Å²) in [5.41, 5.74) is 8.29. The molecule has 0 bridgehead atoms. The number of hydrogen-bond donors (Lipinski definition) is 1. The summed E-state index contributed by atoms with van der Waals surface area (Å²) >= 11 is 0. The number of halogens is 2. The lowest BCUT2D eigenvalue weighted by molar-refractivity contribution is 0.581. The number of rotatable bonds is 2. The van der Waals surface area contributed by atoms with Crippen LogP contribution < -0.4 is 5.73 Å². The van der Waals surface area contributed by atoms with Gasteiger partial charge >= 0.3 is 0 Å². The Morgan fingerprint density at radius 2 is 1.71 bits per heavy atom. The summed E-state index contributed by atoms with van der Waals surface area (Å²) in [6.07, 6.45) is 0. The van der Waals surface area contributed by atoms with Crippen LogP contribution >= 0.6 is 0 Å². The van der Waals surface area contributed by atoms with Crippen LogP contribution in [0.15, 0.2) is 36.4 Å². The summed E-state index contributed by atoms with van der Waals surface area (Å²) in [5, 5.41) is 0. The molecule has 0 amide bonds. The van der Waals surface area contributed by atoms with Gasteiger partial charge < -0.3 is 5.73 Å². The minimum Gasteiger partial charge on any atom is -0.399 e. The number of anilines is 1. The summed E-state index contributed by atoms with van der Waals surface area (Å²) in [5.74, 6) is -0.389. The first kappa shape index (κ1) is 13.5. The number of hydrogen-bond acceptors (Lipinski definition) is 2. The lowest BCUT2D eigenvalue weighted by Gasteiger charge is -2.12. The van der Waals surface area contributed by atoms with E-state index in [1.165, 1.54) is 12.1 Å². The first-order valence-electron chi connectivity index (χ1n) is 6.70. The molecule has 0 fully saturated rings. The number of imidazole rings is 1. The molecule has 3 nitrogen and oxygen atoms in total. The van der Waals surface area contributed by atoms with E-state index in [2.05, 4.69) is 4.98 Å². The predicted molar refractivity (Wildman–Crippen MR) is 79.5 cm³/mol. The number of aromatic nitrogens is 2. The van der Waals surface area contributed by atoms with E-state index in [1.807, 2.05) is 19.9 Å². The van der Waals surface area contributed by atoms with Crippen LogP contribution in [-0.4, -0.2) is 9.55 Å². The van der Waals surface area contributed by atoms with Gasteiger partial charge in [-0.25, -0.2) is 13.8 Å². The maximum Gasteiger partial charge on any atom is 0.128 e. The molecule has 5 heteroatoms. The van der Waals surface area contributed by atoms with Gasteiger partial charge in [0.05, 0.1) is 16.7 Å². The molecule has 1 heterocycles. The highest BCUT2D eigenvalue weighted by Gasteiger charge is 2.16. The molecule has 0 saturated heterocycles. The van der Waals surface area contributed by atoms with Crippen LogP contribution in [0.25, 0.3) is 16.7 Å². The fourth-order valence-corrected chi connectivity index (χ4v) is 2.44.